The van der Waals surface area contributed by atoms with Crippen molar-refractivity contribution in [3.63, 3.8) is 0 Å². The second kappa shape index (κ2) is 6.74. The molecule has 0 amide bonds. The average molecular weight is 256 g/mol. The molecule has 0 aliphatic carbocycles. The van der Waals surface area contributed by atoms with Crippen molar-refractivity contribution >= 4 is 22.4 Å². The molecule has 0 saturated carbocycles. The van der Waals surface area contributed by atoms with Crippen LogP contribution in [0.5, 0.6) is 0 Å². The van der Waals surface area contributed by atoms with Gasteiger partial charge in [-0.05, 0) is 31.2 Å². The van der Waals surface area contributed by atoms with Gasteiger partial charge in [0.2, 0.25) is 0 Å². The number of carbonyl (C=O) groups excluding carboxylic acids is 1. The third kappa shape index (κ3) is 4.73. The van der Waals surface area contributed by atoms with Crippen molar-refractivity contribution in [2.45, 2.75) is 6.92 Å². The van der Waals surface area contributed by atoms with Gasteiger partial charge < -0.3 is 4.74 Å². The Labute approximate surface area is 100 Å². The molecule has 1 aromatic rings. The van der Waals surface area contributed by atoms with Crippen LogP contribution in [0, 0.1) is 0 Å². The van der Waals surface area contributed by atoms with Gasteiger partial charge in [0.15, 0.2) is 16.6 Å². The third-order valence-corrected chi connectivity index (χ3v) is 2.10. The summed E-state index contributed by atoms with van der Waals surface area (Å²) in [5, 5.41) is 7.15. The van der Waals surface area contributed by atoms with E-state index in [0.717, 1.165) is 0 Å². The first kappa shape index (κ1) is 13.3. The molecule has 6 nitrogen and oxygen atoms in total. The summed E-state index contributed by atoms with van der Waals surface area (Å²) in [4.78, 5) is 11.3. The fourth-order valence-corrected chi connectivity index (χ4v) is 1.21. The van der Waals surface area contributed by atoms with Crippen LogP contribution in [0.1, 0.15) is 17.3 Å². The first-order valence-corrected chi connectivity index (χ1v) is 6.26. The fraction of sp³-hybridized carbons (Fsp3) is 0.300. The molecule has 1 rings (SSSR count). The predicted molar refractivity (Wildman–Crippen MR) is 62.1 cm³/mol. The Bertz CT molecular complexity index is 472. The maximum absolute atomic E-state index is 11.3. The van der Waals surface area contributed by atoms with Gasteiger partial charge in [0.25, 0.3) is 0 Å². The molecule has 0 aromatic heterocycles. The van der Waals surface area contributed by atoms with E-state index in [1.165, 1.54) is 0 Å². The van der Waals surface area contributed by atoms with Gasteiger partial charge in [-0.2, -0.15) is 10.2 Å². The number of nitrogens with zero attached hydrogens (tertiary/aromatic N) is 2. The van der Waals surface area contributed by atoms with E-state index in [-0.39, 0.29) is 5.88 Å². The molecule has 0 atom stereocenters. The third-order valence-electron chi connectivity index (χ3n) is 1.74. The first-order chi connectivity index (χ1) is 8.13. The summed E-state index contributed by atoms with van der Waals surface area (Å²) in [6, 6.07) is 6.22. The van der Waals surface area contributed by atoms with E-state index in [0.29, 0.717) is 17.9 Å². The number of hydrogen-bond donors (Lipinski definition) is 1. The van der Waals surface area contributed by atoms with Crippen LogP contribution in [0.2, 0.25) is 0 Å². The standard InChI is InChI=1S/C10H12N2O4S/c1-2-16-10(13)8-3-5-9(6-4-8)12-11-7-17(14)15/h3-6,17H,2,7H2,1H3. The Morgan fingerprint density at radius 1 is 1.29 bits per heavy atom. The van der Waals surface area contributed by atoms with Crippen LogP contribution in [0.15, 0.2) is 34.5 Å². The number of benzene rings is 1. The van der Waals surface area contributed by atoms with Crippen LogP contribution in [0.4, 0.5) is 5.69 Å². The van der Waals surface area contributed by atoms with Gasteiger partial charge >= 0.3 is 5.97 Å². The summed E-state index contributed by atoms with van der Waals surface area (Å²) in [6.45, 7) is 2.04. The van der Waals surface area contributed by atoms with Crippen molar-refractivity contribution in [2.75, 3.05) is 12.5 Å². The van der Waals surface area contributed by atoms with Crippen LogP contribution in [0.3, 0.4) is 0 Å². The maximum atomic E-state index is 11.3. The first-order valence-electron chi connectivity index (χ1n) is 4.90. The SMILES string of the molecule is CCOC(=O)c1ccc(N=NC[SH](=O)=O)cc1. The van der Waals surface area contributed by atoms with Gasteiger partial charge in [-0.3, -0.25) is 0 Å². The lowest BCUT2D eigenvalue weighted by molar-refractivity contribution is 0.0526. The highest BCUT2D eigenvalue weighted by molar-refractivity contribution is 7.72. The zero-order chi connectivity index (χ0) is 12.7. The molecular formula is C10H12N2O4S. The monoisotopic (exact) mass is 256 g/mol. The Kier molecular flexibility index (Phi) is 5.28. The van der Waals surface area contributed by atoms with Gasteiger partial charge in [0.05, 0.1) is 17.9 Å². The van der Waals surface area contributed by atoms with Crippen molar-refractivity contribution in [2.24, 2.45) is 10.2 Å². The highest BCUT2D eigenvalue weighted by Crippen LogP contribution is 2.14. The number of azo groups is 1. The van der Waals surface area contributed by atoms with Crippen molar-refractivity contribution in [1.29, 1.82) is 0 Å². The van der Waals surface area contributed by atoms with Crippen LogP contribution in [-0.4, -0.2) is 26.9 Å². The lowest BCUT2D eigenvalue weighted by Gasteiger charge is -2.00. The number of rotatable bonds is 5. The van der Waals surface area contributed by atoms with Crippen molar-refractivity contribution in [3.8, 4) is 0 Å². The summed E-state index contributed by atoms with van der Waals surface area (Å²) < 4.78 is 25.3. The van der Waals surface area contributed by atoms with Gasteiger partial charge in [0, 0.05) is 0 Å². The van der Waals surface area contributed by atoms with E-state index in [1.807, 2.05) is 0 Å². The molecule has 0 spiro atoms. The van der Waals surface area contributed by atoms with Gasteiger partial charge in [0.1, 0.15) is 0 Å². The zero-order valence-electron chi connectivity index (χ0n) is 9.20. The number of hydrogen-bond acceptors (Lipinski definition) is 6. The summed E-state index contributed by atoms with van der Waals surface area (Å²) in [5.74, 6) is -0.742. The topological polar surface area (TPSA) is 85.2 Å². The minimum atomic E-state index is -2.55. The van der Waals surface area contributed by atoms with Crippen molar-refractivity contribution < 1.29 is 17.9 Å². The molecule has 0 heterocycles. The molecule has 7 heteroatoms. The predicted octanol–water partition coefficient (Wildman–Crippen LogP) is 1.52. The molecule has 0 fully saturated rings. The molecule has 17 heavy (non-hydrogen) atoms. The van der Waals surface area contributed by atoms with E-state index < -0.39 is 16.7 Å². The van der Waals surface area contributed by atoms with Crippen LogP contribution >= 0.6 is 0 Å². The molecule has 0 saturated heterocycles. The quantitative estimate of drug-likeness (QED) is 0.491. The lowest BCUT2D eigenvalue weighted by Crippen LogP contribution is -2.03. The number of ether oxygens (including phenoxy) is 1. The maximum Gasteiger partial charge on any atom is 0.338 e. The van der Waals surface area contributed by atoms with E-state index >= 15 is 0 Å². The van der Waals surface area contributed by atoms with E-state index in [1.54, 1.807) is 31.2 Å². The van der Waals surface area contributed by atoms with Crippen molar-refractivity contribution in [3.05, 3.63) is 29.8 Å². The number of carbonyl (C=O) groups is 1. The van der Waals surface area contributed by atoms with Gasteiger partial charge in [-0.25, -0.2) is 13.2 Å². The molecule has 0 aliphatic heterocycles. The molecule has 92 valence electrons. The minimum absolute atomic E-state index is 0.316. The Balaban J connectivity index is 2.67. The van der Waals surface area contributed by atoms with Gasteiger partial charge in [-0.15, -0.1) is 0 Å². The summed E-state index contributed by atoms with van der Waals surface area (Å²) in [7, 11) is -2.55. The van der Waals surface area contributed by atoms with E-state index in [2.05, 4.69) is 10.2 Å². The summed E-state index contributed by atoms with van der Waals surface area (Å²) >= 11 is 0. The lowest BCUT2D eigenvalue weighted by atomic mass is 10.2. The van der Waals surface area contributed by atoms with Crippen LogP contribution in [-0.2, 0) is 15.4 Å². The molecule has 0 radical (unpaired) electrons. The second-order valence-electron chi connectivity index (χ2n) is 2.98. The highest BCUT2D eigenvalue weighted by Gasteiger charge is 2.04. The molecule has 0 aliphatic rings. The Morgan fingerprint density at radius 2 is 1.94 bits per heavy atom. The fourth-order valence-electron chi connectivity index (χ4n) is 1.04. The summed E-state index contributed by atoms with van der Waals surface area (Å²) in [6.07, 6.45) is 0. The number of thiol groups is 1. The largest absolute Gasteiger partial charge is 0.462 e. The van der Waals surface area contributed by atoms with E-state index in [4.69, 9.17) is 4.74 Å². The van der Waals surface area contributed by atoms with Crippen LogP contribution < -0.4 is 0 Å². The van der Waals surface area contributed by atoms with E-state index in [9.17, 15) is 13.2 Å². The minimum Gasteiger partial charge on any atom is -0.462 e. The number of esters is 1. The average Bonchev–Trinajstić information content (AvgIpc) is 2.30. The van der Waals surface area contributed by atoms with Gasteiger partial charge in [-0.1, -0.05) is 0 Å². The highest BCUT2D eigenvalue weighted by atomic mass is 32.2. The van der Waals surface area contributed by atoms with Crippen molar-refractivity contribution in [1.82, 2.24) is 0 Å². The molecule has 0 unspecified atom stereocenters. The second-order valence-corrected chi connectivity index (χ2v) is 3.93. The van der Waals surface area contributed by atoms with Crippen LogP contribution in [0.25, 0.3) is 0 Å². The smallest absolute Gasteiger partial charge is 0.338 e. The summed E-state index contributed by atoms with van der Waals surface area (Å²) in [5.41, 5.74) is 0.899. The normalized spacial score (nSPS) is 10.9. The molecule has 0 bridgehead atoms. The Hall–Kier alpha value is -1.76. The zero-order valence-corrected chi connectivity index (χ0v) is 10.1. The molecule has 1 aromatic carbocycles. The molecular weight excluding hydrogens is 244 g/mol. The molecule has 0 N–H and O–H groups in total. The Morgan fingerprint density at radius 3 is 2.47 bits per heavy atom.